The van der Waals surface area contributed by atoms with Crippen LogP contribution in [0.3, 0.4) is 0 Å². The third-order valence-electron chi connectivity index (χ3n) is 3.75. The number of nitrogens with one attached hydrogen (secondary N) is 2. The Morgan fingerprint density at radius 1 is 1.12 bits per heavy atom. The molecular formula is C18H21N3O4. The summed E-state index contributed by atoms with van der Waals surface area (Å²) in [5.74, 6) is -0.251. The van der Waals surface area contributed by atoms with Gasteiger partial charge in [0.05, 0.1) is 16.9 Å². The summed E-state index contributed by atoms with van der Waals surface area (Å²) in [6.07, 6.45) is -0.0332. The SMILES string of the molecule is CC(O)(CC(=O)NCCNc1ccc([N+](=O)[O-])cc1)c1ccccc1. The largest absolute Gasteiger partial charge is 0.385 e. The van der Waals surface area contributed by atoms with Gasteiger partial charge in [0.1, 0.15) is 0 Å². The molecule has 3 N–H and O–H groups in total. The van der Waals surface area contributed by atoms with Crippen molar-refractivity contribution in [2.45, 2.75) is 18.9 Å². The molecule has 0 radical (unpaired) electrons. The van der Waals surface area contributed by atoms with Crippen molar-refractivity contribution >= 4 is 17.3 Å². The van der Waals surface area contributed by atoms with Crippen molar-refractivity contribution in [3.63, 3.8) is 0 Å². The summed E-state index contributed by atoms with van der Waals surface area (Å²) in [4.78, 5) is 22.1. The molecule has 0 saturated carbocycles. The Kier molecular flexibility index (Phi) is 6.08. The molecular weight excluding hydrogens is 322 g/mol. The Morgan fingerprint density at radius 2 is 1.76 bits per heavy atom. The number of carbonyl (C=O) groups excluding carboxylic acids is 1. The van der Waals surface area contributed by atoms with E-state index in [4.69, 9.17) is 0 Å². The molecule has 2 aromatic carbocycles. The number of nitro benzene ring substituents is 1. The zero-order chi connectivity index (χ0) is 18.3. The molecule has 0 fully saturated rings. The second-order valence-corrected chi connectivity index (χ2v) is 5.90. The van der Waals surface area contributed by atoms with Crippen molar-refractivity contribution in [2.24, 2.45) is 0 Å². The van der Waals surface area contributed by atoms with Crippen LogP contribution in [0.5, 0.6) is 0 Å². The molecule has 132 valence electrons. The fraction of sp³-hybridized carbons (Fsp3) is 0.278. The summed E-state index contributed by atoms with van der Waals surface area (Å²) >= 11 is 0. The number of amides is 1. The van der Waals surface area contributed by atoms with E-state index in [-0.39, 0.29) is 18.0 Å². The van der Waals surface area contributed by atoms with E-state index in [2.05, 4.69) is 10.6 Å². The molecule has 7 heteroatoms. The number of benzene rings is 2. The minimum Gasteiger partial charge on any atom is -0.385 e. The van der Waals surface area contributed by atoms with Gasteiger partial charge in [-0.25, -0.2) is 0 Å². The van der Waals surface area contributed by atoms with Gasteiger partial charge >= 0.3 is 0 Å². The van der Waals surface area contributed by atoms with Gasteiger partial charge in [0.2, 0.25) is 5.91 Å². The van der Waals surface area contributed by atoms with E-state index in [0.29, 0.717) is 18.7 Å². The Morgan fingerprint density at radius 3 is 2.36 bits per heavy atom. The van der Waals surface area contributed by atoms with E-state index >= 15 is 0 Å². The van der Waals surface area contributed by atoms with Gasteiger partial charge in [-0.05, 0) is 24.6 Å². The van der Waals surface area contributed by atoms with E-state index in [0.717, 1.165) is 5.69 Å². The topological polar surface area (TPSA) is 104 Å². The quantitative estimate of drug-likeness (QED) is 0.388. The monoisotopic (exact) mass is 343 g/mol. The summed E-state index contributed by atoms with van der Waals surface area (Å²) < 4.78 is 0. The fourth-order valence-corrected chi connectivity index (χ4v) is 2.38. The highest BCUT2D eigenvalue weighted by Crippen LogP contribution is 2.23. The van der Waals surface area contributed by atoms with Crippen LogP contribution in [0.4, 0.5) is 11.4 Å². The van der Waals surface area contributed by atoms with Gasteiger partial charge in [-0.3, -0.25) is 14.9 Å². The molecule has 1 amide bonds. The van der Waals surface area contributed by atoms with Gasteiger partial charge in [0.15, 0.2) is 0 Å². The van der Waals surface area contributed by atoms with Gasteiger partial charge in [0.25, 0.3) is 5.69 Å². The lowest BCUT2D eigenvalue weighted by Crippen LogP contribution is -2.35. The van der Waals surface area contributed by atoms with E-state index in [9.17, 15) is 20.0 Å². The summed E-state index contributed by atoms with van der Waals surface area (Å²) in [7, 11) is 0. The number of hydrogen-bond donors (Lipinski definition) is 3. The van der Waals surface area contributed by atoms with Crippen LogP contribution < -0.4 is 10.6 Å². The lowest BCUT2D eigenvalue weighted by Gasteiger charge is -2.23. The Hall–Kier alpha value is -2.93. The lowest BCUT2D eigenvalue weighted by molar-refractivity contribution is -0.384. The zero-order valence-electron chi connectivity index (χ0n) is 13.9. The van der Waals surface area contributed by atoms with Gasteiger partial charge in [-0.15, -0.1) is 0 Å². The van der Waals surface area contributed by atoms with Gasteiger partial charge in [-0.2, -0.15) is 0 Å². The summed E-state index contributed by atoms with van der Waals surface area (Å²) in [5.41, 5.74) is 0.226. The van der Waals surface area contributed by atoms with Gasteiger partial charge in [0, 0.05) is 30.9 Å². The molecule has 25 heavy (non-hydrogen) atoms. The molecule has 0 aliphatic heterocycles. The summed E-state index contributed by atoms with van der Waals surface area (Å²) in [5, 5.41) is 26.8. The van der Waals surface area contributed by atoms with Crippen molar-refractivity contribution < 1.29 is 14.8 Å². The second kappa shape index (κ2) is 8.25. The maximum absolute atomic E-state index is 12.0. The van der Waals surface area contributed by atoms with Crippen LogP contribution in [0.1, 0.15) is 18.9 Å². The minimum atomic E-state index is -1.23. The first kappa shape index (κ1) is 18.4. The maximum atomic E-state index is 12.0. The maximum Gasteiger partial charge on any atom is 0.269 e. The molecule has 0 aromatic heterocycles. The Bertz CT molecular complexity index is 715. The zero-order valence-corrected chi connectivity index (χ0v) is 13.9. The highest BCUT2D eigenvalue weighted by atomic mass is 16.6. The number of anilines is 1. The number of hydrogen-bond acceptors (Lipinski definition) is 5. The van der Waals surface area contributed by atoms with Crippen molar-refractivity contribution in [3.8, 4) is 0 Å². The van der Waals surface area contributed by atoms with Crippen LogP contribution in [0.2, 0.25) is 0 Å². The minimum absolute atomic E-state index is 0.0296. The van der Waals surface area contributed by atoms with E-state index in [1.54, 1.807) is 31.2 Å². The number of aliphatic hydroxyl groups is 1. The van der Waals surface area contributed by atoms with Crippen LogP contribution in [0.15, 0.2) is 54.6 Å². The predicted molar refractivity (Wildman–Crippen MR) is 95.2 cm³/mol. The highest BCUT2D eigenvalue weighted by Gasteiger charge is 2.26. The summed E-state index contributed by atoms with van der Waals surface area (Å²) in [6.45, 7) is 2.45. The molecule has 2 aromatic rings. The molecule has 0 heterocycles. The van der Waals surface area contributed by atoms with E-state index in [1.807, 2.05) is 18.2 Å². The predicted octanol–water partition coefficient (Wildman–Crippen LogP) is 2.42. The van der Waals surface area contributed by atoms with Crippen LogP contribution in [-0.4, -0.2) is 29.0 Å². The molecule has 1 atom stereocenters. The molecule has 1 unspecified atom stereocenters. The standard InChI is InChI=1S/C18H21N3O4/c1-18(23,14-5-3-2-4-6-14)13-17(22)20-12-11-19-15-7-9-16(10-8-15)21(24)25/h2-10,19,23H,11-13H2,1H3,(H,20,22). The average molecular weight is 343 g/mol. The van der Waals surface area contributed by atoms with Crippen LogP contribution in [-0.2, 0) is 10.4 Å². The van der Waals surface area contributed by atoms with Crippen molar-refractivity contribution in [3.05, 3.63) is 70.3 Å². The fourth-order valence-electron chi connectivity index (χ4n) is 2.38. The van der Waals surface area contributed by atoms with Crippen molar-refractivity contribution in [1.82, 2.24) is 5.32 Å². The van der Waals surface area contributed by atoms with E-state index < -0.39 is 10.5 Å². The molecule has 7 nitrogen and oxygen atoms in total. The highest BCUT2D eigenvalue weighted by molar-refractivity contribution is 5.77. The Balaban J connectivity index is 1.74. The van der Waals surface area contributed by atoms with Crippen LogP contribution in [0.25, 0.3) is 0 Å². The van der Waals surface area contributed by atoms with Gasteiger partial charge < -0.3 is 15.7 Å². The van der Waals surface area contributed by atoms with Crippen molar-refractivity contribution in [1.29, 1.82) is 0 Å². The molecule has 0 saturated heterocycles. The Labute approximate surface area is 145 Å². The van der Waals surface area contributed by atoms with Crippen LogP contribution in [0, 0.1) is 10.1 Å². The molecule has 0 spiro atoms. The van der Waals surface area contributed by atoms with Crippen LogP contribution >= 0.6 is 0 Å². The first-order valence-electron chi connectivity index (χ1n) is 7.91. The lowest BCUT2D eigenvalue weighted by atomic mass is 9.92. The average Bonchev–Trinajstić information content (AvgIpc) is 2.59. The molecule has 0 aliphatic rings. The summed E-state index contributed by atoms with van der Waals surface area (Å²) in [6, 6.07) is 15.1. The normalized spacial score (nSPS) is 12.9. The first-order chi connectivity index (χ1) is 11.9. The van der Waals surface area contributed by atoms with E-state index in [1.165, 1.54) is 12.1 Å². The molecule has 0 aliphatic carbocycles. The first-order valence-corrected chi connectivity index (χ1v) is 7.91. The smallest absolute Gasteiger partial charge is 0.269 e. The third kappa shape index (κ3) is 5.58. The number of nitro groups is 1. The van der Waals surface area contributed by atoms with Gasteiger partial charge in [-0.1, -0.05) is 30.3 Å². The molecule has 0 bridgehead atoms. The number of rotatable bonds is 8. The number of carbonyl (C=O) groups is 1. The molecule has 2 rings (SSSR count). The third-order valence-corrected chi connectivity index (χ3v) is 3.75. The second-order valence-electron chi connectivity index (χ2n) is 5.90. The number of nitrogens with zero attached hydrogens (tertiary/aromatic N) is 1. The van der Waals surface area contributed by atoms with Crippen molar-refractivity contribution in [2.75, 3.05) is 18.4 Å². The number of non-ortho nitro benzene ring substituents is 1.